The highest BCUT2D eigenvalue weighted by molar-refractivity contribution is 9.08. The van der Waals surface area contributed by atoms with E-state index >= 15 is 0 Å². The molecular weight excluding hydrogens is 336 g/mol. The SMILES string of the molecule is CCOc1cccc(CBr)c1OCc1ccc(CC)s1. The highest BCUT2D eigenvalue weighted by atomic mass is 79.9. The van der Waals surface area contributed by atoms with E-state index in [0.29, 0.717) is 13.2 Å². The van der Waals surface area contributed by atoms with Gasteiger partial charge in [-0.2, -0.15) is 0 Å². The van der Waals surface area contributed by atoms with E-state index < -0.39 is 0 Å². The van der Waals surface area contributed by atoms with Crippen molar-refractivity contribution in [2.45, 2.75) is 32.2 Å². The van der Waals surface area contributed by atoms with Crippen LogP contribution in [0, 0.1) is 0 Å². The lowest BCUT2D eigenvalue weighted by Gasteiger charge is -2.14. The van der Waals surface area contributed by atoms with Crippen molar-refractivity contribution in [2.24, 2.45) is 0 Å². The Morgan fingerprint density at radius 2 is 1.85 bits per heavy atom. The molecule has 0 saturated heterocycles. The number of rotatable bonds is 7. The van der Waals surface area contributed by atoms with Crippen molar-refractivity contribution in [1.29, 1.82) is 0 Å². The number of para-hydroxylation sites is 1. The van der Waals surface area contributed by atoms with Gasteiger partial charge < -0.3 is 9.47 Å². The van der Waals surface area contributed by atoms with Crippen LogP contribution in [0.5, 0.6) is 11.5 Å². The van der Waals surface area contributed by atoms with Gasteiger partial charge >= 0.3 is 0 Å². The molecule has 0 atom stereocenters. The van der Waals surface area contributed by atoms with Gasteiger partial charge in [0.1, 0.15) is 6.61 Å². The Kier molecular flexibility index (Phi) is 5.92. The molecular formula is C16H19BrO2S. The summed E-state index contributed by atoms with van der Waals surface area (Å²) in [6.45, 7) is 5.39. The maximum atomic E-state index is 6.01. The molecule has 1 aromatic heterocycles. The molecule has 2 nitrogen and oxygen atoms in total. The molecule has 0 saturated carbocycles. The van der Waals surface area contributed by atoms with Gasteiger partial charge in [-0.3, -0.25) is 0 Å². The first-order valence-corrected chi connectivity index (χ1v) is 8.73. The second-order valence-electron chi connectivity index (χ2n) is 4.32. The molecule has 1 heterocycles. The zero-order chi connectivity index (χ0) is 14.4. The lowest BCUT2D eigenvalue weighted by Crippen LogP contribution is -2.01. The van der Waals surface area contributed by atoms with Crippen LogP contribution in [0.2, 0.25) is 0 Å². The smallest absolute Gasteiger partial charge is 0.165 e. The predicted octanol–water partition coefficient (Wildman–Crippen LogP) is 5.18. The van der Waals surface area contributed by atoms with Crippen LogP contribution in [0.3, 0.4) is 0 Å². The first kappa shape index (κ1) is 15.4. The van der Waals surface area contributed by atoms with E-state index in [1.807, 2.05) is 30.4 Å². The van der Waals surface area contributed by atoms with Crippen LogP contribution < -0.4 is 9.47 Å². The normalized spacial score (nSPS) is 10.6. The summed E-state index contributed by atoms with van der Waals surface area (Å²) in [6.07, 6.45) is 1.08. The highest BCUT2D eigenvalue weighted by Crippen LogP contribution is 2.34. The first-order chi connectivity index (χ1) is 9.78. The third-order valence-corrected chi connectivity index (χ3v) is 4.74. The Labute approximate surface area is 132 Å². The summed E-state index contributed by atoms with van der Waals surface area (Å²) in [6, 6.07) is 10.3. The minimum Gasteiger partial charge on any atom is -0.490 e. The topological polar surface area (TPSA) is 18.5 Å². The number of hydrogen-bond donors (Lipinski definition) is 0. The van der Waals surface area contributed by atoms with Crippen molar-refractivity contribution >= 4 is 27.3 Å². The average Bonchev–Trinajstić information content (AvgIpc) is 2.94. The summed E-state index contributed by atoms with van der Waals surface area (Å²) in [5, 5.41) is 0.758. The van der Waals surface area contributed by atoms with Crippen molar-refractivity contribution in [3.05, 3.63) is 45.6 Å². The summed E-state index contributed by atoms with van der Waals surface area (Å²) in [5.41, 5.74) is 1.11. The lowest BCUT2D eigenvalue weighted by molar-refractivity contribution is 0.269. The number of alkyl halides is 1. The zero-order valence-electron chi connectivity index (χ0n) is 11.8. The van der Waals surface area contributed by atoms with Crippen LogP contribution in [-0.2, 0) is 18.4 Å². The summed E-state index contributed by atoms with van der Waals surface area (Å²) in [4.78, 5) is 2.64. The molecule has 0 aliphatic rings. The maximum absolute atomic E-state index is 6.01. The summed E-state index contributed by atoms with van der Waals surface area (Å²) in [5.74, 6) is 1.66. The van der Waals surface area contributed by atoms with E-state index in [-0.39, 0.29) is 0 Å². The number of hydrogen-bond acceptors (Lipinski definition) is 3. The van der Waals surface area contributed by atoms with Gasteiger partial charge in [-0.25, -0.2) is 0 Å². The fourth-order valence-electron chi connectivity index (χ4n) is 1.93. The molecule has 0 amide bonds. The number of ether oxygens (including phenoxy) is 2. The molecule has 0 bridgehead atoms. The Hall–Kier alpha value is -1.00. The minimum absolute atomic E-state index is 0.592. The quantitative estimate of drug-likeness (QED) is 0.637. The van der Waals surface area contributed by atoms with Gasteiger partial charge in [0, 0.05) is 20.6 Å². The van der Waals surface area contributed by atoms with Gasteiger partial charge in [-0.1, -0.05) is 35.0 Å². The van der Waals surface area contributed by atoms with Crippen LogP contribution in [0.15, 0.2) is 30.3 Å². The molecule has 20 heavy (non-hydrogen) atoms. The van der Waals surface area contributed by atoms with E-state index in [1.54, 1.807) is 0 Å². The maximum Gasteiger partial charge on any atom is 0.165 e. The Morgan fingerprint density at radius 3 is 2.50 bits per heavy atom. The van der Waals surface area contributed by atoms with Gasteiger partial charge in [0.05, 0.1) is 6.61 Å². The van der Waals surface area contributed by atoms with E-state index in [4.69, 9.17) is 9.47 Å². The number of aryl methyl sites for hydroxylation is 1. The molecule has 0 aliphatic carbocycles. The third kappa shape index (κ3) is 3.76. The summed E-state index contributed by atoms with van der Waals surface area (Å²) < 4.78 is 11.7. The third-order valence-electron chi connectivity index (χ3n) is 2.93. The fourth-order valence-corrected chi connectivity index (χ4v) is 3.25. The number of halogens is 1. The van der Waals surface area contributed by atoms with Crippen molar-refractivity contribution in [1.82, 2.24) is 0 Å². The number of benzene rings is 1. The molecule has 0 unspecified atom stereocenters. The first-order valence-electron chi connectivity index (χ1n) is 6.79. The second kappa shape index (κ2) is 7.70. The van der Waals surface area contributed by atoms with Gasteiger partial charge in [0.15, 0.2) is 11.5 Å². The zero-order valence-corrected chi connectivity index (χ0v) is 14.2. The second-order valence-corrected chi connectivity index (χ2v) is 6.13. The highest BCUT2D eigenvalue weighted by Gasteiger charge is 2.11. The Balaban J connectivity index is 2.14. The van der Waals surface area contributed by atoms with Crippen LogP contribution in [0.4, 0.5) is 0 Å². The molecule has 108 valence electrons. The molecule has 0 spiro atoms. The summed E-state index contributed by atoms with van der Waals surface area (Å²) >= 11 is 5.31. The Morgan fingerprint density at radius 1 is 1.05 bits per heavy atom. The van der Waals surface area contributed by atoms with Crippen molar-refractivity contribution < 1.29 is 9.47 Å². The molecule has 0 radical (unpaired) electrons. The molecule has 4 heteroatoms. The fraction of sp³-hybridized carbons (Fsp3) is 0.375. The average molecular weight is 355 g/mol. The van der Waals surface area contributed by atoms with Crippen molar-refractivity contribution in [3.8, 4) is 11.5 Å². The Bertz CT molecular complexity index is 551. The summed E-state index contributed by atoms with van der Waals surface area (Å²) in [7, 11) is 0. The molecule has 0 aliphatic heterocycles. The molecule has 1 aromatic carbocycles. The van der Waals surface area contributed by atoms with Crippen molar-refractivity contribution in [3.63, 3.8) is 0 Å². The predicted molar refractivity (Wildman–Crippen MR) is 88.3 cm³/mol. The van der Waals surface area contributed by atoms with E-state index in [9.17, 15) is 0 Å². The standard InChI is InChI=1S/C16H19BrO2S/c1-3-13-8-9-14(20-13)11-19-16-12(10-17)6-5-7-15(16)18-4-2/h5-9H,3-4,10-11H2,1-2H3. The van der Waals surface area contributed by atoms with Gasteiger partial charge in [0.25, 0.3) is 0 Å². The van der Waals surface area contributed by atoms with Crippen LogP contribution in [0.25, 0.3) is 0 Å². The van der Waals surface area contributed by atoms with Crippen LogP contribution in [-0.4, -0.2) is 6.61 Å². The lowest BCUT2D eigenvalue weighted by atomic mass is 10.2. The molecule has 2 rings (SSSR count). The minimum atomic E-state index is 0.592. The molecule has 2 aromatic rings. The van der Waals surface area contributed by atoms with Crippen LogP contribution in [0.1, 0.15) is 29.2 Å². The largest absolute Gasteiger partial charge is 0.490 e. The van der Waals surface area contributed by atoms with E-state index in [2.05, 4.69) is 41.1 Å². The number of thiophene rings is 1. The van der Waals surface area contributed by atoms with Gasteiger partial charge in [0.2, 0.25) is 0 Å². The monoisotopic (exact) mass is 354 g/mol. The molecule has 0 fully saturated rings. The van der Waals surface area contributed by atoms with E-state index in [1.165, 1.54) is 9.75 Å². The van der Waals surface area contributed by atoms with Crippen LogP contribution >= 0.6 is 27.3 Å². The van der Waals surface area contributed by atoms with Gasteiger partial charge in [-0.15, -0.1) is 11.3 Å². The molecule has 0 N–H and O–H groups in total. The van der Waals surface area contributed by atoms with Gasteiger partial charge in [-0.05, 0) is 31.5 Å². The van der Waals surface area contributed by atoms with E-state index in [0.717, 1.165) is 28.8 Å². The van der Waals surface area contributed by atoms with Crippen molar-refractivity contribution in [2.75, 3.05) is 6.61 Å².